The number of anilines is 1. The van der Waals surface area contributed by atoms with Gasteiger partial charge in [-0.2, -0.15) is 22.0 Å². The molecule has 1 aliphatic heterocycles. The molecule has 12 heteroatoms. The number of halogens is 6. The molecule has 2 aromatic carbocycles. The van der Waals surface area contributed by atoms with Gasteiger partial charge in [-0.15, -0.1) is 0 Å². The summed E-state index contributed by atoms with van der Waals surface area (Å²) in [7, 11) is 0. The predicted molar refractivity (Wildman–Crippen MR) is 121 cm³/mol. The maximum atomic E-state index is 13.2. The van der Waals surface area contributed by atoms with E-state index in [9.17, 15) is 35.9 Å². The second-order valence-corrected chi connectivity index (χ2v) is 8.66. The standard InChI is InChI=1S/C16H16FNO.C8H11F5N2O2/c17-13-6-7-16-15(11-13)18-9-8-14(19-16)10-12-4-2-1-3-5-12;1-6(2,4(14)16)5(17)15-3-7(9,10)8(11,12)13/h1-7,11,14,18H,8-10H2;3H2,1-2H3,(H2,14,16)(H,15,17). The van der Waals surface area contributed by atoms with Crippen LogP contribution < -0.4 is 21.1 Å². The lowest BCUT2D eigenvalue weighted by Gasteiger charge is -2.23. The molecule has 1 atom stereocenters. The summed E-state index contributed by atoms with van der Waals surface area (Å²) in [6, 6.07) is 14.9. The summed E-state index contributed by atoms with van der Waals surface area (Å²) in [5, 5.41) is 4.56. The number of ether oxygens (including phenoxy) is 1. The van der Waals surface area contributed by atoms with Gasteiger partial charge >= 0.3 is 12.1 Å². The van der Waals surface area contributed by atoms with Crippen molar-refractivity contribution in [1.29, 1.82) is 0 Å². The Kier molecular flexibility index (Phi) is 9.22. The third-order valence-corrected chi connectivity index (χ3v) is 5.39. The summed E-state index contributed by atoms with van der Waals surface area (Å²) in [4.78, 5) is 21.9. The molecule has 1 heterocycles. The summed E-state index contributed by atoms with van der Waals surface area (Å²) in [5.74, 6) is -6.99. The number of carbonyl (C=O) groups is 2. The summed E-state index contributed by atoms with van der Waals surface area (Å²) in [6.07, 6.45) is -3.86. The molecule has 0 saturated heterocycles. The molecular formula is C24H27F6N3O3. The number of carbonyl (C=O) groups excluding carboxylic acids is 2. The van der Waals surface area contributed by atoms with Crippen molar-refractivity contribution in [3.05, 3.63) is 59.9 Å². The minimum Gasteiger partial charge on any atom is -0.488 e. The van der Waals surface area contributed by atoms with Crippen LogP contribution in [0.15, 0.2) is 48.5 Å². The zero-order valence-electron chi connectivity index (χ0n) is 19.6. The molecule has 0 aromatic heterocycles. The first-order valence-corrected chi connectivity index (χ1v) is 10.9. The van der Waals surface area contributed by atoms with E-state index >= 15 is 0 Å². The van der Waals surface area contributed by atoms with Crippen molar-refractivity contribution in [2.24, 2.45) is 11.1 Å². The van der Waals surface area contributed by atoms with Crippen molar-refractivity contribution in [1.82, 2.24) is 5.32 Å². The van der Waals surface area contributed by atoms with Gasteiger partial charge in [0.25, 0.3) is 0 Å². The van der Waals surface area contributed by atoms with Gasteiger partial charge in [-0.05, 0) is 31.5 Å². The van der Waals surface area contributed by atoms with E-state index in [1.807, 2.05) is 18.2 Å². The molecule has 0 aliphatic carbocycles. The zero-order chi connectivity index (χ0) is 27.1. The van der Waals surface area contributed by atoms with Gasteiger partial charge in [0.05, 0.1) is 12.2 Å². The van der Waals surface area contributed by atoms with Crippen LogP contribution in [0, 0.1) is 11.2 Å². The largest absolute Gasteiger partial charge is 0.488 e. The quantitative estimate of drug-likeness (QED) is 0.389. The molecule has 0 radical (unpaired) electrons. The molecule has 0 spiro atoms. The van der Waals surface area contributed by atoms with Crippen molar-refractivity contribution in [3.8, 4) is 5.75 Å². The molecule has 0 bridgehead atoms. The Hall–Kier alpha value is -3.44. The average Bonchev–Trinajstić information content (AvgIpc) is 2.99. The molecule has 0 fully saturated rings. The number of benzene rings is 2. The number of alkyl halides is 5. The molecular weight excluding hydrogens is 492 g/mol. The molecule has 2 amide bonds. The van der Waals surface area contributed by atoms with Gasteiger partial charge in [0.2, 0.25) is 11.8 Å². The fourth-order valence-corrected chi connectivity index (χ4v) is 2.99. The van der Waals surface area contributed by atoms with Crippen molar-refractivity contribution in [2.45, 2.75) is 44.9 Å². The van der Waals surface area contributed by atoms with E-state index in [0.717, 1.165) is 44.7 Å². The van der Waals surface area contributed by atoms with E-state index in [1.54, 1.807) is 6.07 Å². The van der Waals surface area contributed by atoms with E-state index in [-0.39, 0.29) is 11.9 Å². The molecule has 0 saturated carbocycles. The molecule has 2 aromatic rings. The van der Waals surface area contributed by atoms with E-state index in [4.69, 9.17) is 10.5 Å². The average molecular weight is 519 g/mol. The SMILES string of the molecule is CC(C)(C(N)=O)C(=O)NCC(F)(F)C(F)(F)F.Fc1ccc2c(c1)NCCC(Cc1ccccc1)O2. The van der Waals surface area contributed by atoms with E-state index in [2.05, 4.69) is 17.4 Å². The maximum Gasteiger partial charge on any atom is 0.455 e. The molecule has 4 N–H and O–H groups in total. The lowest BCUT2D eigenvalue weighted by molar-refractivity contribution is -0.278. The van der Waals surface area contributed by atoms with Crippen LogP contribution in [0.1, 0.15) is 25.8 Å². The number of fused-ring (bicyclic) bond motifs is 1. The Bertz CT molecular complexity index is 1050. The second-order valence-electron chi connectivity index (χ2n) is 8.66. The van der Waals surface area contributed by atoms with E-state index in [1.165, 1.54) is 23.0 Å². The van der Waals surface area contributed by atoms with Crippen LogP contribution in [0.4, 0.5) is 32.0 Å². The predicted octanol–water partition coefficient (Wildman–Crippen LogP) is 4.44. The Morgan fingerprint density at radius 1 is 1.08 bits per heavy atom. The van der Waals surface area contributed by atoms with Crippen molar-refractivity contribution >= 4 is 17.5 Å². The third kappa shape index (κ3) is 7.79. The van der Waals surface area contributed by atoms with Gasteiger partial charge in [-0.3, -0.25) is 9.59 Å². The van der Waals surface area contributed by atoms with E-state index < -0.39 is 35.9 Å². The minimum absolute atomic E-state index is 0.126. The number of nitrogens with one attached hydrogen (secondary N) is 2. The number of nitrogens with two attached hydrogens (primary N) is 1. The van der Waals surface area contributed by atoms with Gasteiger partial charge in [0.1, 0.15) is 23.1 Å². The highest BCUT2D eigenvalue weighted by molar-refractivity contribution is 6.03. The molecule has 1 unspecified atom stereocenters. The second kappa shape index (κ2) is 11.5. The summed E-state index contributed by atoms with van der Waals surface area (Å²) in [6.45, 7) is 0.882. The van der Waals surface area contributed by atoms with Crippen LogP contribution in [0.5, 0.6) is 5.75 Å². The van der Waals surface area contributed by atoms with Crippen LogP contribution in [0.2, 0.25) is 0 Å². The summed E-state index contributed by atoms with van der Waals surface area (Å²) in [5.41, 5.74) is 4.94. The lowest BCUT2D eigenvalue weighted by atomic mass is 9.91. The fraction of sp³-hybridized carbons (Fsp3) is 0.417. The van der Waals surface area contributed by atoms with E-state index in [0.29, 0.717) is 0 Å². The molecule has 3 rings (SSSR count). The number of primary amides is 1. The Labute approximate surface area is 204 Å². The smallest absolute Gasteiger partial charge is 0.455 e. The summed E-state index contributed by atoms with van der Waals surface area (Å²) >= 11 is 0. The third-order valence-electron chi connectivity index (χ3n) is 5.39. The van der Waals surface area contributed by atoms with Crippen molar-refractivity contribution < 1.29 is 40.7 Å². The van der Waals surface area contributed by atoms with Crippen molar-refractivity contribution in [3.63, 3.8) is 0 Å². The monoisotopic (exact) mass is 519 g/mol. The van der Waals surface area contributed by atoms with Gasteiger partial charge in [0, 0.05) is 25.5 Å². The minimum atomic E-state index is -5.77. The normalized spacial score (nSPS) is 15.7. The first-order chi connectivity index (χ1) is 16.6. The van der Waals surface area contributed by atoms with Gasteiger partial charge in [-0.1, -0.05) is 30.3 Å². The molecule has 1 aliphatic rings. The number of hydrogen-bond donors (Lipinski definition) is 3. The van der Waals surface area contributed by atoms with Gasteiger partial charge < -0.3 is 21.1 Å². The Morgan fingerprint density at radius 3 is 2.31 bits per heavy atom. The van der Waals surface area contributed by atoms with Crippen LogP contribution in [-0.4, -0.2) is 43.1 Å². The Morgan fingerprint density at radius 2 is 1.72 bits per heavy atom. The highest BCUT2D eigenvalue weighted by atomic mass is 19.4. The number of rotatable bonds is 6. The molecule has 6 nitrogen and oxygen atoms in total. The first-order valence-electron chi connectivity index (χ1n) is 10.9. The van der Waals surface area contributed by atoms with Gasteiger partial charge in [0.15, 0.2) is 0 Å². The molecule has 198 valence electrons. The lowest BCUT2D eigenvalue weighted by Crippen LogP contribution is -2.52. The molecule has 36 heavy (non-hydrogen) atoms. The van der Waals surface area contributed by atoms with Crippen molar-refractivity contribution in [2.75, 3.05) is 18.4 Å². The highest BCUT2D eigenvalue weighted by Crippen LogP contribution is 2.35. The Balaban J connectivity index is 0.000000256. The topological polar surface area (TPSA) is 93.5 Å². The van der Waals surface area contributed by atoms with Crippen LogP contribution in [0.3, 0.4) is 0 Å². The highest BCUT2D eigenvalue weighted by Gasteiger charge is 2.57. The number of hydrogen-bond acceptors (Lipinski definition) is 4. The maximum absolute atomic E-state index is 13.2. The van der Waals surface area contributed by atoms with Crippen LogP contribution >= 0.6 is 0 Å². The van der Waals surface area contributed by atoms with Crippen LogP contribution in [-0.2, 0) is 16.0 Å². The number of amides is 2. The van der Waals surface area contributed by atoms with Crippen LogP contribution in [0.25, 0.3) is 0 Å². The van der Waals surface area contributed by atoms with Gasteiger partial charge in [-0.25, -0.2) is 4.39 Å². The first kappa shape index (κ1) is 28.8. The summed E-state index contributed by atoms with van der Waals surface area (Å²) < 4.78 is 79.2. The fourth-order valence-electron chi connectivity index (χ4n) is 2.99. The zero-order valence-corrected chi connectivity index (χ0v) is 19.6.